The molecule has 28 heavy (non-hydrogen) atoms. The van der Waals surface area contributed by atoms with Crippen LogP contribution in [0.2, 0.25) is 0 Å². The molecule has 1 saturated heterocycles. The number of nitrogens with zero attached hydrogens (tertiary/aromatic N) is 4. The van der Waals surface area contributed by atoms with Crippen molar-refractivity contribution in [3.8, 4) is 11.6 Å². The molecule has 3 heterocycles. The van der Waals surface area contributed by atoms with Crippen LogP contribution in [-0.4, -0.2) is 39.4 Å². The van der Waals surface area contributed by atoms with Crippen LogP contribution < -0.4 is 10.1 Å². The lowest BCUT2D eigenvalue weighted by atomic mass is 10.0. The van der Waals surface area contributed by atoms with Gasteiger partial charge in [-0.15, -0.1) is 0 Å². The maximum absolute atomic E-state index is 12.8. The van der Waals surface area contributed by atoms with Gasteiger partial charge in [0.25, 0.3) is 0 Å². The third-order valence-electron chi connectivity index (χ3n) is 4.99. The highest BCUT2D eigenvalue weighted by Gasteiger charge is 2.30. The summed E-state index contributed by atoms with van der Waals surface area (Å²) >= 11 is 0. The van der Waals surface area contributed by atoms with Gasteiger partial charge in [-0.1, -0.05) is 12.1 Å². The number of hydrogen-bond donors (Lipinski definition) is 1. The molecule has 4 rings (SSSR count). The van der Waals surface area contributed by atoms with E-state index in [-0.39, 0.29) is 12.1 Å². The van der Waals surface area contributed by atoms with Crippen molar-refractivity contribution in [3.05, 3.63) is 72.2 Å². The van der Waals surface area contributed by atoms with Crippen LogP contribution in [0.25, 0.3) is 5.82 Å². The summed E-state index contributed by atoms with van der Waals surface area (Å²) < 4.78 is 7.02. The summed E-state index contributed by atoms with van der Waals surface area (Å²) in [6.07, 6.45) is 7.23. The third kappa shape index (κ3) is 3.83. The SMILES string of the molecule is COc1cccc(C2CCCN2C(=O)NCc2ccnc(-n3cccn3)c2)c1. The van der Waals surface area contributed by atoms with Gasteiger partial charge >= 0.3 is 6.03 Å². The molecule has 2 aromatic heterocycles. The fraction of sp³-hybridized carbons (Fsp3) is 0.286. The molecule has 7 heteroatoms. The number of carbonyl (C=O) groups excluding carboxylic acids is 1. The molecule has 1 N–H and O–H groups in total. The maximum Gasteiger partial charge on any atom is 0.318 e. The van der Waals surface area contributed by atoms with Crippen LogP contribution in [0.5, 0.6) is 5.75 Å². The molecular formula is C21H23N5O2. The van der Waals surface area contributed by atoms with E-state index < -0.39 is 0 Å². The normalized spacial score (nSPS) is 16.2. The smallest absolute Gasteiger partial charge is 0.318 e. The standard InChI is InChI=1S/C21H23N5O2/c1-28-18-6-2-5-17(14-18)19-7-3-11-25(19)21(27)23-15-16-8-10-22-20(13-16)26-12-4-9-24-26/h2,4-6,8-10,12-14,19H,3,7,11,15H2,1H3,(H,23,27). The molecule has 0 bridgehead atoms. The molecule has 1 aliphatic heterocycles. The van der Waals surface area contributed by atoms with Gasteiger partial charge in [0.15, 0.2) is 5.82 Å². The van der Waals surface area contributed by atoms with Crippen molar-refractivity contribution in [2.24, 2.45) is 0 Å². The molecule has 1 fully saturated rings. The Bertz CT molecular complexity index is 941. The highest BCUT2D eigenvalue weighted by Crippen LogP contribution is 2.33. The average molecular weight is 377 g/mol. The molecule has 144 valence electrons. The lowest BCUT2D eigenvalue weighted by molar-refractivity contribution is 0.192. The van der Waals surface area contributed by atoms with Crippen LogP contribution in [-0.2, 0) is 6.54 Å². The molecule has 0 spiro atoms. The number of urea groups is 1. The Kier molecular flexibility index (Phi) is 5.23. The number of nitrogens with one attached hydrogen (secondary N) is 1. The molecule has 7 nitrogen and oxygen atoms in total. The van der Waals surface area contributed by atoms with E-state index in [1.54, 1.807) is 24.2 Å². The first-order chi connectivity index (χ1) is 13.7. The van der Waals surface area contributed by atoms with Gasteiger partial charge in [-0.25, -0.2) is 14.5 Å². The predicted molar refractivity (Wildman–Crippen MR) is 105 cm³/mol. The van der Waals surface area contributed by atoms with Crippen molar-refractivity contribution in [1.29, 1.82) is 0 Å². The van der Waals surface area contributed by atoms with E-state index in [1.165, 1.54) is 0 Å². The number of carbonyl (C=O) groups is 1. The number of benzene rings is 1. The lowest BCUT2D eigenvalue weighted by Crippen LogP contribution is -2.39. The minimum atomic E-state index is -0.0530. The van der Waals surface area contributed by atoms with Crippen molar-refractivity contribution in [1.82, 2.24) is 25.0 Å². The van der Waals surface area contributed by atoms with E-state index in [2.05, 4.69) is 21.5 Å². The van der Waals surface area contributed by atoms with E-state index in [9.17, 15) is 4.79 Å². The van der Waals surface area contributed by atoms with E-state index in [0.29, 0.717) is 6.54 Å². The van der Waals surface area contributed by atoms with Crippen molar-refractivity contribution in [3.63, 3.8) is 0 Å². The van der Waals surface area contributed by atoms with E-state index in [0.717, 1.165) is 42.1 Å². The summed E-state index contributed by atoms with van der Waals surface area (Å²) in [4.78, 5) is 19.0. The molecule has 1 aliphatic rings. The van der Waals surface area contributed by atoms with E-state index in [4.69, 9.17) is 4.74 Å². The highest BCUT2D eigenvalue weighted by molar-refractivity contribution is 5.75. The number of methoxy groups -OCH3 is 1. The van der Waals surface area contributed by atoms with Crippen LogP contribution in [0.15, 0.2) is 61.1 Å². The summed E-state index contributed by atoms with van der Waals surface area (Å²) in [6, 6.07) is 13.7. The minimum absolute atomic E-state index is 0.0530. The number of pyridine rings is 1. The monoisotopic (exact) mass is 377 g/mol. The van der Waals surface area contributed by atoms with Gasteiger partial charge in [-0.2, -0.15) is 5.10 Å². The number of aromatic nitrogens is 3. The van der Waals surface area contributed by atoms with Gasteiger partial charge in [-0.3, -0.25) is 0 Å². The zero-order chi connectivity index (χ0) is 19.3. The highest BCUT2D eigenvalue weighted by atomic mass is 16.5. The fourth-order valence-electron chi connectivity index (χ4n) is 3.58. The van der Waals surface area contributed by atoms with Gasteiger partial charge in [0.1, 0.15) is 5.75 Å². The summed E-state index contributed by atoms with van der Waals surface area (Å²) in [6.45, 7) is 1.19. The summed E-state index contributed by atoms with van der Waals surface area (Å²) in [7, 11) is 1.66. The van der Waals surface area contributed by atoms with E-state index >= 15 is 0 Å². The Labute approximate surface area is 164 Å². The van der Waals surface area contributed by atoms with Crippen LogP contribution in [0.4, 0.5) is 4.79 Å². The Morgan fingerprint density at radius 2 is 2.18 bits per heavy atom. The predicted octanol–water partition coefficient (Wildman–Crippen LogP) is 3.32. The lowest BCUT2D eigenvalue weighted by Gasteiger charge is -2.25. The van der Waals surface area contributed by atoms with Crippen LogP contribution >= 0.6 is 0 Å². The molecule has 1 aromatic carbocycles. The van der Waals surface area contributed by atoms with Crippen LogP contribution in [0.3, 0.4) is 0 Å². The zero-order valence-corrected chi connectivity index (χ0v) is 15.8. The van der Waals surface area contributed by atoms with E-state index in [1.807, 2.05) is 47.5 Å². The Balaban J connectivity index is 1.42. The number of amides is 2. The quantitative estimate of drug-likeness (QED) is 0.740. The molecule has 3 aromatic rings. The number of rotatable bonds is 5. The van der Waals surface area contributed by atoms with Crippen molar-refractivity contribution in [2.45, 2.75) is 25.4 Å². The topological polar surface area (TPSA) is 72.3 Å². The third-order valence-corrected chi connectivity index (χ3v) is 4.99. The Hall–Kier alpha value is -3.35. The second kappa shape index (κ2) is 8.12. The summed E-state index contributed by atoms with van der Waals surface area (Å²) in [5.74, 6) is 1.54. The van der Waals surface area contributed by atoms with Crippen molar-refractivity contribution >= 4 is 6.03 Å². The minimum Gasteiger partial charge on any atom is -0.497 e. The van der Waals surface area contributed by atoms with Crippen LogP contribution in [0.1, 0.15) is 30.0 Å². The summed E-state index contributed by atoms with van der Waals surface area (Å²) in [5, 5.41) is 7.23. The largest absolute Gasteiger partial charge is 0.497 e. The van der Waals surface area contributed by atoms with Gasteiger partial charge in [0.2, 0.25) is 0 Å². The van der Waals surface area contributed by atoms with Crippen LogP contribution in [0, 0.1) is 0 Å². The molecule has 0 saturated carbocycles. The molecule has 1 unspecified atom stereocenters. The average Bonchev–Trinajstić information content (AvgIpc) is 3.44. The van der Waals surface area contributed by atoms with Gasteiger partial charge < -0.3 is 15.0 Å². The molecule has 2 amide bonds. The number of ether oxygens (including phenoxy) is 1. The van der Waals surface area contributed by atoms with Gasteiger partial charge in [0, 0.05) is 31.7 Å². The van der Waals surface area contributed by atoms with Crippen molar-refractivity contribution < 1.29 is 9.53 Å². The number of likely N-dealkylation sites (tertiary alicyclic amines) is 1. The fourth-order valence-corrected chi connectivity index (χ4v) is 3.58. The number of hydrogen-bond acceptors (Lipinski definition) is 4. The summed E-state index contributed by atoms with van der Waals surface area (Å²) in [5.41, 5.74) is 2.09. The first-order valence-electron chi connectivity index (χ1n) is 9.38. The molecule has 0 radical (unpaired) electrons. The zero-order valence-electron chi connectivity index (χ0n) is 15.8. The Morgan fingerprint density at radius 1 is 1.25 bits per heavy atom. The van der Waals surface area contributed by atoms with Gasteiger partial charge in [0.05, 0.1) is 13.2 Å². The Morgan fingerprint density at radius 3 is 3.00 bits per heavy atom. The first kappa shape index (κ1) is 18.0. The van der Waals surface area contributed by atoms with Gasteiger partial charge in [-0.05, 0) is 54.3 Å². The maximum atomic E-state index is 12.8. The molecular weight excluding hydrogens is 354 g/mol. The second-order valence-electron chi connectivity index (χ2n) is 6.76. The molecule has 0 aliphatic carbocycles. The first-order valence-corrected chi connectivity index (χ1v) is 9.38. The molecule has 1 atom stereocenters. The van der Waals surface area contributed by atoms with Crippen molar-refractivity contribution in [2.75, 3.05) is 13.7 Å². The second-order valence-corrected chi connectivity index (χ2v) is 6.76.